The average molecular weight is 277 g/mol. The second-order valence-electron chi connectivity index (χ2n) is 4.52. The Hall–Kier alpha value is -1.39. The molecule has 2 unspecified atom stereocenters. The number of benzene rings is 2. The molecule has 0 aliphatic carbocycles. The minimum absolute atomic E-state index is 0.319. The van der Waals surface area contributed by atoms with E-state index in [0.29, 0.717) is 6.42 Å². The van der Waals surface area contributed by atoms with Crippen LogP contribution in [0.25, 0.3) is 10.8 Å². The number of hydrogen-bond acceptors (Lipinski definition) is 2. The molecule has 0 fully saturated rings. The van der Waals surface area contributed by atoms with E-state index in [2.05, 4.69) is 0 Å². The Bertz CT molecular complexity index is 578. The van der Waals surface area contributed by atoms with Gasteiger partial charge in [-0.15, -0.1) is 0 Å². The molecule has 3 nitrogen and oxygen atoms in total. The standard InChI is InChI=1S/C15H19NO2S/c1-4-15(19(17)16(2)3)18-14-11-7-9-12-8-5-6-10-13(12)14/h5-11,15H,4H2,1-3H3. The van der Waals surface area contributed by atoms with Crippen LogP contribution in [0.3, 0.4) is 0 Å². The van der Waals surface area contributed by atoms with E-state index < -0.39 is 11.0 Å². The normalized spacial score (nSPS) is 14.5. The van der Waals surface area contributed by atoms with Crippen LogP contribution in [0.2, 0.25) is 0 Å². The molecule has 2 rings (SSSR count). The number of ether oxygens (including phenoxy) is 1. The van der Waals surface area contributed by atoms with Crippen molar-refractivity contribution < 1.29 is 8.95 Å². The Morgan fingerprint density at radius 1 is 1.16 bits per heavy atom. The van der Waals surface area contributed by atoms with Gasteiger partial charge in [0, 0.05) is 5.39 Å². The molecule has 0 aliphatic heterocycles. The van der Waals surface area contributed by atoms with Gasteiger partial charge in [0.1, 0.15) is 16.7 Å². The van der Waals surface area contributed by atoms with E-state index in [1.807, 2.05) is 49.4 Å². The van der Waals surface area contributed by atoms with Crippen LogP contribution in [0.5, 0.6) is 5.75 Å². The van der Waals surface area contributed by atoms with E-state index in [-0.39, 0.29) is 5.44 Å². The first-order chi connectivity index (χ1) is 9.13. The van der Waals surface area contributed by atoms with E-state index in [1.54, 1.807) is 18.4 Å². The van der Waals surface area contributed by atoms with Crippen LogP contribution in [0.15, 0.2) is 42.5 Å². The summed E-state index contributed by atoms with van der Waals surface area (Å²) in [5.74, 6) is 0.792. The summed E-state index contributed by atoms with van der Waals surface area (Å²) in [5, 5.41) is 2.18. The smallest absolute Gasteiger partial charge is 0.187 e. The molecule has 0 aliphatic rings. The fourth-order valence-electron chi connectivity index (χ4n) is 1.94. The van der Waals surface area contributed by atoms with Crippen molar-refractivity contribution in [3.63, 3.8) is 0 Å². The molecule has 0 radical (unpaired) electrons. The van der Waals surface area contributed by atoms with E-state index in [4.69, 9.17) is 4.74 Å². The lowest BCUT2D eigenvalue weighted by Gasteiger charge is -2.21. The molecule has 102 valence electrons. The van der Waals surface area contributed by atoms with Gasteiger partial charge in [0.25, 0.3) is 0 Å². The molecule has 0 heterocycles. The molecule has 2 atom stereocenters. The Labute approximate surface area is 116 Å². The predicted octanol–water partition coefficient (Wildman–Crippen LogP) is 3.18. The first-order valence-electron chi connectivity index (χ1n) is 6.36. The number of hydrogen-bond donors (Lipinski definition) is 0. The minimum Gasteiger partial charge on any atom is -0.475 e. The molecule has 2 aromatic carbocycles. The molecule has 4 heteroatoms. The van der Waals surface area contributed by atoms with Crippen LogP contribution >= 0.6 is 0 Å². The van der Waals surface area contributed by atoms with Gasteiger partial charge < -0.3 is 4.74 Å². The largest absolute Gasteiger partial charge is 0.475 e. The van der Waals surface area contributed by atoms with Crippen LogP contribution in [-0.2, 0) is 11.0 Å². The quantitative estimate of drug-likeness (QED) is 0.840. The van der Waals surface area contributed by atoms with Crippen LogP contribution in [0.1, 0.15) is 13.3 Å². The van der Waals surface area contributed by atoms with Gasteiger partial charge in [0.15, 0.2) is 5.44 Å². The fraction of sp³-hybridized carbons (Fsp3) is 0.333. The predicted molar refractivity (Wildman–Crippen MR) is 80.5 cm³/mol. The summed E-state index contributed by atoms with van der Waals surface area (Å²) in [6, 6.07) is 14.0. The van der Waals surface area contributed by atoms with Crippen molar-refractivity contribution in [1.29, 1.82) is 0 Å². The number of fused-ring (bicyclic) bond motifs is 1. The molecule has 0 saturated carbocycles. The molecule has 0 bridgehead atoms. The maximum atomic E-state index is 12.1. The molecule has 0 N–H and O–H groups in total. The van der Waals surface area contributed by atoms with Crippen molar-refractivity contribution in [3.05, 3.63) is 42.5 Å². The SMILES string of the molecule is CCC(Oc1cccc2ccccc12)S(=O)N(C)C. The van der Waals surface area contributed by atoms with Gasteiger partial charge in [-0.1, -0.05) is 43.3 Å². The van der Waals surface area contributed by atoms with Gasteiger partial charge in [-0.25, -0.2) is 8.51 Å². The van der Waals surface area contributed by atoms with Crippen LogP contribution in [0, 0.1) is 0 Å². The van der Waals surface area contributed by atoms with Crippen molar-refractivity contribution in [2.75, 3.05) is 14.1 Å². The summed E-state index contributed by atoms with van der Waals surface area (Å²) >= 11 is 0. The van der Waals surface area contributed by atoms with Crippen molar-refractivity contribution in [1.82, 2.24) is 4.31 Å². The van der Waals surface area contributed by atoms with Crippen LogP contribution < -0.4 is 4.74 Å². The first-order valence-corrected chi connectivity index (χ1v) is 7.53. The van der Waals surface area contributed by atoms with E-state index >= 15 is 0 Å². The molecule has 19 heavy (non-hydrogen) atoms. The lowest BCUT2D eigenvalue weighted by Crippen LogP contribution is -2.31. The summed E-state index contributed by atoms with van der Waals surface area (Å²) < 4.78 is 19.8. The third-order valence-corrected chi connectivity index (χ3v) is 4.53. The zero-order valence-corrected chi connectivity index (χ0v) is 12.3. The third kappa shape index (κ3) is 3.14. The topological polar surface area (TPSA) is 29.5 Å². The number of nitrogens with zero attached hydrogens (tertiary/aromatic N) is 1. The van der Waals surface area contributed by atoms with Gasteiger partial charge >= 0.3 is 0 Å². The lowest BCUT2D eigenvalue weighted by atomic mass is 10.1. The second-order valence-corrected chi connectivity index (χ2v) is 6.33. The zero-order valence-electron chi connectivity index (χ0n) is 11.5. The van der Waals surface area contributed by atoms with Gasteiger partial charge in [-0.05, 0) is 32.0 Å². The van der Waals surface area contributed by atoms with Gasteiger partial charge in [-0.2, -0.15) is 0 Å². The highest BCUT2D eigenvalue weighted by Gasteiger charge is 2.19. The van der Waals surface area contributed by atoms with Crippen molar-refractivity contribution in [2.45, 2.75) is 18.8 Å². The highest BCUT2D eigenvalue weighted by atomic mass is 32.2. The molecule has 2 aromatic rings. The van der Waals surface area contributed by atoms with E-state index in [1.165, 1.54) is 0 Å². The molecular weight excluding hydrogens is 258 g/mol. The summed E-state index contributed by atoms with van der Waals surface area (Å²) in [6.45, 7) is 1.98. The van der Waals surface area contributed by atoms with Crippen LogP contribution in [-0.4, -0.2) is 28.0 Å². The van der Waals surface area contributed by atoms with Gasteiger partial charge in [-0.3, -0.25) is 0 Å². The Balaban J connectivity index is 2.32. The maximum absolute atomic E-state index is 12.1. The molecular formula is C15H19NO2S. The minimum atomic E-state index is -1.14. The Morgan fingerprint density at radius 3 is 2.53 bits per heavy atom. The summed E-state index contributed by atoms with van der Waals surface area (Å²) in [5.41, 5.74) is -0.319. The van der Waals surface area contributed by atoms with Crippen molar-refractivity contribution in [2.24, 2.45) is 0 Å². The van der Waals surface area contributed by atoms with Gasteiger partial charge in [0.2, 0.25) is 0 Å². The van der Waals surface area contributed by atoms with E-state index in [9.17, 15) is 4.21 Å². The summed E-state index contributed by atoms with van der Waals surface area (Å²) in [4.78, 5) is 0. The second kappa shape index (κ2) is 6.17. The highest BCUT2D eigenvalue weighted by Crippen LogP contribution is 2.27. The first kappa shape index (κ1) is 14.0. The van der Waals surface area contributed by atoms with Crippen LogP contribution in [0.4, 0.5) is 0 Å². The third-order valence-electron chi connectivity index (χ3n) is 2.93. The van der Waals surface area contributed by atoms with Gasteiger partial charge in [0.05, 0.1) is 0 Å². The fourth-order valence-corrected chi connectivity index (χ4v) is 2.88. The molecule has 0 spiro atoms. The number of rotatable bonds is 5. The Kier molecular flexibility index (Phi) is 4.56. The monoisotopic (exact) mass is 277 g/mol. The lowest BCUT2D eigenvalue weighted by molar-refractivity contribution is 0.274. The molecule has 0 aromatic heterocycles. The maximum Gasteiger partial charge on any atom is 0.187 e. The summed E-state index contributed by atoms with van der Waals surface area (Å²) in [6.07, 6.45) is 0.702. The highest BCUT2D eigenvalue weighted by molar-refractivity contribution is 7.83. The van der Waals surface area contributed by atoms with E-state index in [0.717, 1.165) is 16.5 Å². The van der Waals surface area contributed by atoms with Crippen molar-refractivity contribution in [3.8, 4) is 5.75 Å². The Morgan fingerprint density at radius 2 is 1.84 bits per heavy atom. The van der Waals surface area contributed by atoms with Crippen molar-refractivity contribution >= 4 is 21.8 Å². The average Bonchev–Trinajstić information content (AvgIpc) is 2.44. The molecule has 0 amide bonds. The summed E-state index contributed by atoms with van der Waals surface area (Å²) in [7, 11) is 2.45. The molecule has 0 saturated heterocycles. The zero-order chi connectivity index (χ0) is 13.8.